The number of thiophene rings is 1. The summed E-state index contributed by atoms with van der Waals surface area (Å²) in [6.07, 6.45) is 1.53. The number of rotatable bonds is 4. The van der Waals surface area contributed by atoms with Crippen molar-refractivity contribution < 1.29 is 8.42 Å². The minimum Gasteiger partial charge on any atom is -0.263 e. The molecule has 0 aliphatic rings. The third-order valence-electron chi connectivity index (χ3n) is 2.35. The minimum atomic E-state index is -3.67. The van der Waals surface area contributed by atoms with Crippen LogP contribution in [0.4, 0.5) is 5.82 Å². The van der Waals surface area contributed by atoms with Gasteiger partial charge in [-0.05, 0) is 26.0 Å². The molecule has 2 heterocycles. The van der Waals surface area contributed by atoms with E-state index in [9.17, 15) is 8.42 Å². The number of hydrogen-bond acceptors (Lipinski definition) is 5. The molecule has 0 spiro atoms. The molecule has 0 aliphatic heterocycles. The Balaban J connectivity index is 2.31. The lowest BCUT2D eigenvalue weighted by atomic mass is 10.4. The van der Waals surface area contributed by atoms with E-state index in [1.54, 1.807) is 10.7 Å². The van der Waals surface area contributed by atoms with Crippen LogP contribution in [0.3, 0.4) is 0 Å². The van der Waals surface area contributed by atoms with Crippen molar-refractivity contribution in [1.82, 2.24) is 9.78 Å². The van der Waals surface area contributed by atoms with E-state index in [1.807, 2.05) is 19.9 Å². The fourth-order valence-electron chi connectivity index (χ4n) is 1.52. The zero-order valence-corrected chi connectivity index (χ0v) is 12.0. The van der Waals surface area contributed by atoms with Crippen molar-refractivity contribution >= 4 is 27.2 Å². The zero-order chi connectivity index (χ0) is 14.0. The van der Waals surface area contributed by atoms with E-state index in [4.69, 9.17) is 5.26 Å². The van der Waals surface area contributed by atoms with Gasteiger partial charge in [-0.1, -0.05) is 0 Å². The van der Waals surface area contributed by atoms with E-state index >= 15 is 0 Å². The molecule has 8 heteroatoms. The summed E-state index contributed by atoms with van der Waals surface area (Å²) in [4.78, 5) is 0.359. The van der Waals surface area contributed by atoms with E-state index < -0.39 is 10.0 Å². The summed E-state index contributed by atoms with van der Waals surface area (Å²) in [5.74, 6) is 0.405. The van der Waals surface area contributed by atoms with Crippen molar-refractivity contribution in [3.8, 4) is 6.07 Å². The highest BCUT2D eigenvalue weighted by Crippen LogP contribution is 2.24. The molecular weight excluding hydrogens is 284 g/mol. The van der Waals surface area contributed by atoms with Gasteiger partial charge in [0.05, 0.1) is 6.20 Å². The van der Waals surface area contributed by atoms with E-state index in [0.717, 1.165) is 11.3 Å². The Labute approximate surface area is 115 Å². The van der Waals surface area contributed by atoms with Crippen LogP contribution in [0.1, 0.15) is 24.8 Å². The molecule has 100 valence electrons. The van der Waals surface area contributed by atoms with Gasteiger partial charge in [-0.15, -0.1) is 11.3 Å². The quantitative estimate of drug-likeness (QED) is 0.936. The van der Waals surface area contributed by atoms with E-state index in [0.29, 0.717) is 10.7 Å². The van der Waals surface area contributed by atoms with Crippen LogP contribution in [0, 0.1) is 11.3 Å². The lowest BCUT2D eigenvalue weighted by molar-refractivity contribution is 0.539. The normalized spacial score (nSPS) is 11.5. The van der Waals surface area contributed by atoms with Gasteiger partial charge < -0.3 is 0 Å². The minimum absolute atomic E-state index is 0.0469. The van der Waals surface area contributed by atoms with Crippen LogP contribution in [-0.4, -0.2) is 18.2 Å². The summed E-state index contributed by atoms with van der Waals surface area (Å²) in [5, 5.41) is 12.8. The van der Waals surface area contributed by atoms with Gasteiger partial charge in [0.2, 0.25) is 0 Å². The fourth-order valence-corrected chi connectivity index (χ4v) is 3.67. The largest absolute Gasteiger partial charge is 0.272 e. The maximum Gasteiger partial charge on any atom is 0.272 e. The van der Waals surface area contributed by atoms with Crippen molar-refractivity contribution in [2.75, 3.05) is 4.72 Å². The fraction of sp³-hybridized carbons (Fsp3) is 0.273. The third kappa shape index (κ3) is 2.77. The molecule has 6 nitrogen and oxygen atoms in total. The lowest BCUT2D eigenvalue weighted by Crippen LogP contribution is -2.16. The lowest BCUT2D eigenvalue weighted by Gasteiger charge is -2.12. The molecule has 0 fully saturated rings. The summed E-state index contributed by atoms with van der Waals surface area (Å²) < 4.78 is 28.5. The molecule has 0 saturated carbocycles. The molecule has 0 radical (unpaired) electrons. The molecule has 2 aromatic rings. The van der Waals surface area contributed by atoms with Crippen LogP contribution in [0.2, 0.25) is 0 Å². The van der Waals surface area contributed by atoms with Crippen molar-refractivity contribution in [2.45, 2.75) is 24.1 Å². The molecule has 0 unspecified atom stereocenters. The smallest absolute Gasteiger partial charge is 0.263 e. The van der Waals surface area contributed by atoms with E-state index in [-0.39, 0.29) is 10.3 Å². The second-order valence-electron chi connectivity index (χ2n) is 4.09. The zero-order valence-electron chi connectivity index (χ0n) is 10.4. The Bertz CT molecular complexity index is 722. The highest BCUT2D eigenvalue weighted by atomic mass is 32.2. The molecule has 0 amide bonds. The Morgan fingerprint density at radius 1 is 1.42 bits per heavy atom. The van der Waals surface area contributed by atoms with Crippen LogP contribution in [0.5, 0.6) is 0 Å². The first-order valence-electron chi connectivity index (χ1n) is 5.50. The second-order valence-corrected chi connectivity index (χ2v) is 7.08. The van der Waals surface area contributed by atoms with Crippen LogP contribution in [0.25, 0.3) is 0 Å². The Morgan fingerprint density at radius 3 is 2.74 bits per heavy atom. The summed E-state index contributed by atoms with van der Waals surface area (Å²) >= 11 is 0.935. The Hall–Kier alpha value is -1.85. The molecule has 1 N–H and O–H groups in total. The van der Waals surface area contributed by atoms with Gasteiger partial charge in [-0.25, -0.2) is 13.1 Å². The average molecular weight is 296 g/mol. The SMILES string of the molecule is CC(C)n1nccc1NS(=O)(=O)c1ccc(C#N)s1. The number of hydrogen-bond donors (Lipinski definition) is 1. The predicted octanol–water partition coefficient (Wildman–Crippen LogP) is 2.20. The number of anilines is 1. The van der Waals surface area contributed by atoms with Crippen molar-refractivity contribution in [3.63, 3.8) is 0 Å². The summed E-state index contributed by atoms with van der Waals surface area (Å²) in [6.45, 7) is 3.81. The first-order valence-corrected chi connectivity index (χ1v) is 7.80. The molecule has 2 rings (SSSR count). The molecule has 0 saturated heterocycles. The van der Waals surface area contributed by atoms with Crippen LogP contribution >= 0.6 is 11.3 Å². The maximum atomic E-state index is 12.2. The van der Waals surface area contributed by atoms with Gasteiger partial charge in [0.15, 0.2) is 0 Å². The Kier molecular flexibility index (Phi) is 3.59. The topological polar surface area (TPSA) is 87.8 Å². The number of aromatic nitrogens is 2. The maximum absolute atomic E-state index is 12.2. The molecule has 0 atom stereocenters. The van der Waals surface area contributed by atoms with E-state index in [1.165, 1.54) is 18.3 Å². The van der Waals surface area contributed by atoms with Crippen LogP contribution < -0.4 is 4.72 Å². The first kappa shape index (κ1) is 13.6. The number of sulfonamides is 1. The van der Waals surface area contributed by atoms with Gasteiger partial charge in [0.25, 0.3) is 10.0 Å². The summed E-state index contributed by atoms with van der Waals surface area (Å²) in [5.41, 5.74) is 0. The standard InChI is InChI=1S/C11H12N4O2S2/c1-8(2)15-10(5-6-13-15)14-19(16,17)11-4-3-9(7-12)18-11/h3-6,8,14H,1-2H3. The molecule has 2 aromatic heterocycles. The highest BCUT2D eigenvalue weighted by Gasteiger charge is 2.19. The molecule has 19 heavy (non-hydrogen) atoms. The van der Waals surface area contributed by atoms with Crippen molar-refractivity contribution in [3.05, 3.63) is 29.3 Å². The van der Waals surface area contributed by atoms with Gasteiger partial charge in [-0.3, -0.25) is 4.72 Å². The highest BCUT2D eigenvalue weighted by molar-refractivity contribution is 7.94. The summed E-state index contributed by atoms with van der Waals surface area (Å²) in [7, 11) is -3.67. The van der Waals surface area contributed by atoms with Gasteiger partial charge in [-0.2, -0.15) is 10.4 Å². The second kappa shape index (κ2) is 5.03. The molecule has 0 aromatic carbocycles. The van der Waals surface area contributed by atoms with Gasteiger partial charge >= 0.3 is 0 Å². The van der Waals surface area contributed by atoms with Gasteiger partial charge in [0.1, 0.15) is 21.0 Å². The average Bonchev–Trinajstić information content (AvgIpc) is 2.95. The predicted molar refractivity (Wildman–Crippen MR) is 72.5 cm³/mol. The molecule has 0 aliphatic carbocycles. The van der Waals surface area contributed by atoms with Crippen LogP contribution in [-0.2, 0) is 10.0 Å². The third-order valence-corrected chi connectivity index (χ3v) is 5.19. The molecule has 0 bridgehead atoms. The monoisotopic (exact) mass is 296 g/mol. The van der Waals surface area contributed by atoms with Crippen LogP contribution in [0.15, 0.2) is 28.6 Å². The number of nitriles is 1. The van der Waals surface area contributed by atoms with Gasteiger partial charge in [0, 0.05) is 12.1 Å². The molecular formula is C11H12N4O2S2. The first-order chi connectivity index (χ1) is 8.94. The number of nitrogens with one attached hydrogen (secondary N) is 1. The van der Waals surface area contributed by atoms with E-state index in [2.05, 4.69) is 9.82 Å². The summed E-state index contributed by atoms with van der Waals surface area (Å²) in [6, 6.07) is 6.46. The van der Waals surface area contributed by atoms with Crippen molar-refractivity contribution in [1.29, 1.82) is 5.26 Å². The Morgan fingerprint density at radius 2 is 2.16 bits per heavy atom. The number of nitrogens with zero attached hydrogens (tertiary/aromatic N) is 3. The van der Waals surface area contributed by atoms with Crippen molar-refractivity contribution in [2.24, 2.45) is 0 Å².